The summed E-state index contributed by atoms with van der Waals surface area (Å²) in [6.07, 6.45) is 7.15. The average Bonchev–Trinajstić information content (AvgIpc) is 1.59. The van der Waals surface area contributed by atoms with Crippen LogP contribution < -0.4 is 43.0 Å². The molecule has 3 saturated heterocycles. The van der Waals surface area contributed by atoms with Crippen molar-refractivity contribution >= 4 is 93.8 Å². The maximum Gasteiger partial charge on any atom is 0.407 e. The SMILES string of the molecule is CC(C)(C)OC(=O)NC1CC(c2cc(F)cc(F)c2)N(CC(=O)Nc2ccc3c(c2)CC2(C3)C(=O)Nc3ncccc32)C(=O)C1(C)C.CC1(C)C(=O)N(CC(=O)Nc2ccc3c(c2)CC2(C3)C(=O)Nc3ncccc32)C(c2cc(F)cc(F)c2)CC1N.CCC1(CC)C(=O)N(CC(=O)Nc2ccc3c(c2)CC2(C3)C(=O)Nc3ncccc32)C(c2cc(F)cc(F)c2)CC1O. The van der Waals surface area contributed by atoms with Crippen molar-refractivity contribution in [3.8, 4) is 0 Å². The zero-order valence-electron chi connectivity index (χ0n) is 72.4. The highest BCUT2D eigenvalue weighted by Crippen LogP contribution is 2.53. The second-order valence-electron chi connectivity index (χ2n) is 37.3. The Kier molecular flexibility index (Phi) is 23.3. The van der Waals surface area contributed by atoms with Gasteiger partial charge in [-0.1, -0.05) is 50.2 Å². The van der Waals surface area contributed by atoms with Gasteiger partial charge in [0.25, 0.3) is 0 Å². The molecule has 0 radical (unpaired) electrons. The van der Waals surface area contributed by atoms with Gasteiger partial charge in [-0.15, -0.1) is 0 Å². The number of nitrogens with one attached hydrogen (secondary N) is 7. The van der Waals surface area contributed by atoms with Crippen LogP contribution in [-0.4, -0.2) is 137 Å². The van der Waals surface area contributed by atoms with Gasteiger partial charge in [-0.2, -0.15) is 0 Å². The zero-order chi connectivity index (χ0) is 92.1. The maximum absolute atomic E-state index is 14.4. The molecule has 10 amide bonds. The van der Waals surface area contributed by atoms with Gasteiger partial charge in [0.05, 0.1) is 56.7 Å². The number of nitrogens with zero attached hydrogens (tertiary/aromatic N) is 6. The normalized spacial score (nSPS) is 23.7. The van der Waals surface area contributed by atoms with E-state index >= 15 is 0 Å². The van der Waals surface area contributed by atoms with Crippen molar-refractivity contribution in [1.82, 2.24) is 35.0 Å². The van der Waals surface area contributed by atoms with Crippen molar-refractivity contribution in [2.24, 2.45) is 22.0 Å². The third kappa shape index (κ3) is 16.7. The Morgan fingerprint density at radius 2 is 0.767 bits per heavy atom. The summed E-state index contributed by atoms with van der Waals surface area (Å²) in [4.78, 5) is 150. The number of nitrogens with two attached hydrogens (primary N) is 1. The highest BCUT2D eigenvalue weighted by molar-refractivity contribution is 6.09. The first-order chi connectivity index (χ1) is 61.1. The Hall–Kier alpha value is -13.2. The number of anilines is 6. The Balaban J connectivity index is 0.000000142. The minimum Gasteiger partial charge on any atom is -0.444 e. The molecule has 9 atom stereocenters. The second-order valence-corrected chi connectivity index (χ2v) is 37.3. The van der Waals surface area contributed by atoms with E-state index in [-0.39, 0.29) is 72.7 Å². The van der Waals surface area contributed by atoms with Crippen LogP contribution in [0.15, 0.2) is 164 Å². The maximum atomic E-state index is 14.4. The number of carbonyl (C=O) groups excluding carboxylic acids is 10. The number of benzene rings is 6. The molecule has 9 aromatic rings. The van der Waals surface area contributed by atoms with Crippen LogP contribution in [0.25, 0.3) is 0 Å². The van der Waals surface area contributed by atoms with Crippen LogP contribution in [-0.2, 0) is 103 Å². The van der Waals surface area contributed by atoms with Gasteiger partial charge < -0.3 is 67.5 Å². The smallest absolute Gasteiger partial charge is 0.407 e. The predicted molar refractivity (Wildman–Crippen MR) is 465 cm³/mol. The van der Waals surface area contributed by atoms with E-state index in [1.807, 2.05) is 66.7 Å². The van der Waals surface area contributed by atoms with E-state index in [1.54, 1.807) is 105 Å². The van der Waals surface area contributed by atoms with Gasteiger partial charge in [0, 0.05) is 82.6 Å². The lowest BCUT2D eigenvalue weighted by molar-refractivity contribution is -0.165. The molecule has 3 spiro atoms. The van der Waals surface area contributed by atoms with Gasteiger partial charge in [-0.25, -0.2) is 46.1 Å². The molecule has 18 rings (SSSR count). The average molecular weight is 1770 g/mol. The largest absolute Gasteiger partial charge is 0.444 e. The molecule has 3 fully saturated rings. The molecule has 3 aliphatic carbocycles. The fourth-order valence-electron chi connectivity index (χ4n) is 20.4. The molecule has 9 aliphatic rings. The molecule has 0 saturated carbocycles. The molecular weight excluding hydrogens is 1670 g/mol. The fraction of sp³-hybridized carbons (Fsp3) is 0.371. The number of hydrogen-bond donors (Lipinski definition) is 9. The number of likely N-dealkylation sites (tertiary alicyclic amines) is 3. The summed E-state index contributed by atoms with van der Waals surface area (Å²) in [5.41, 5.74) is 10.5. The summed E-state index contributed by atoms with van der Waals surface area (Å²) in [7, 11) is 0. The number of aromatic nitrogens is 3. The number of alkyl carbamates (subject to hydrolysis) is 1. The van der Waals surface area contributed by atoms with Crippen LogP contribution in [0.5, 0.6) is 0 Å². The Bertz CT molecular complexity index is 6080. The number of aliphatic hydroxyl groups is 1. The van der Waals surface area contributed by atoms with E-state index in [2.05, 4.69) is 52.2 Å². The minimum atomic E-state index is -1.19. The highest BCUT2D eigenvalue weighted by Gasteiger charge is 2.57. The van der Waals surface area contributed by atoms with E-state index < -0.39 is 151 Å². The van der Waals surface area contributed by atoms with E-state index in [1.165, 1.54) is 26.8 Å². The number of rotatable bonds is 15. The summed E-state index contributed by atoms with van der Waals surface area (Å²) >= 11 is 0. The third-order valence-corrected chi connectivity index (χ3v) is 27.4. The second kappa shape index (κ2) is 33.8. The van der Waals surface area contributed by atoms with Gasteiger partial charge in [0.2, 0.25) is 53.2 Å². The van der Waals surface area contributed by atoms with Crippen molar-refractivity contribution < 1.29 is 84.1 Å². The molecule has 3 aromatic heterocycles. The summed E-state index contributed by atoms with van der Waals surface area (Å²) in [6.45, 7) is 14.4. The van der Waals surface area contributed by atoms with Crippen molar-refractivity contribution in [3.63, 3.8) is 0 Å². The number of hydrogen-bond acceptors (Lipinski definition) is 16. The standard InChI is InChI=1S/C35H37F2N5O5.C32H32F2N4O4.C30H29F2N5O3/c1-33(2,3)47-32(46)40-27-15-26(20-11-22(36)14-23(37)12-20)42(31(45)34(27,4)5)18-28(43)39-24-9-8-19-16-35(17-21(19)13-24)25-7-6-10-38-29(25)41-30(35)44;1-3-31(4-2)26(39)14-25(19-10-21(33)13-22(34)11-19)38(30(31)42)17-27(40)36-23-8-7-18-15-32(16-20(18)12-23)24-6-5-9-35-28(24)37-29(32)41;1-29(2)24(33)12-23(17-8-19(31)11-20(32)9-17)37(28(29)40)15-25(38)35-21-6-5-16-13-30(14-18(16)10-21)22-4-3-7-34-26(22)36-27(30)39/h6-14,26-27H,15-18H2,1-5H3,(H,39,43)(H,40,46)(H,38,41,44);5-13,25-26,39H,3-4,14-17H2,1-2H3,(H,36,40)(H,35,37,41);3-11,23-24H,12-15,33H2,1-2H3,(H,35,38)(H,34,36,39). The van der Waals surface area contributed by atoms with E-state index in [0.29, 0.717) is 85.9 Å². The molecule has 670 valence electrons. The molecular formula is C97H98F6N14O12. The Morgan fingerprint density at radius 1 is 0.450 bits per heavy atom. The van der Waals surface area contributed by atoms with Crippen molar-refractivity contribution in [3.05, 3.63) is 266 Å². The number of carbonyl (C=O) groups is 10. The topological polar surface area (TPSA) is 359 Å². The first-order valence-corrected chi connectivity index (χ1v) is 42.9. The number of fused-ring (bicyclic) bond motifs is 9. The molecule has 6 aromatic carbocycles. The van der Waals surface area contributed by atoms with Gasteiger partial charge in [-0.3, -0.25) is 43.2 Å². The van der Waals surface area contributed by atoms with Crippen molar-refractivity contribution in [2.75, 3.05) is 51.5 Å². The Labute approximate surface area is 739 Å². The van der Waals surface area contributed by atoms with Gasteiger partial charge in [0.1, 0.15) is 77.6 Å². The molecule has 129 heavy (non-hydrogen) atoms. The molecule has 10 N–H and O–H groups in total. The highest BCUT2D eigenvalue weighted by atomic mass is 19.2. The third-order valence-electron chi connectivity index (χ3n) is 27.4. The summed E-state index contributed by atoms with van der Waals surface area (Å²) in [6, 6.07) is 32.8. The number of amides is 10. The predicted octanol–water partition coefficient (Wildman–Crippen LogP) is 13.2. The number of aliphatic hydroxyl groups excluding tert-OH is 1. The van der Waals surface area contributed by atoms with Gasteiger partial charge in [-0.05, 0) is 260 Å². The number of ether oxygens (including phenoxy) is 1. The molecule has 6 aliphatic heterocycles. The van der Waals surface area contributed by atoms with E-state index in [4.69, 9.17) is 10.5 Å². The molecule has 32 heteroatoms. The van der Waals surface area contributed by atoms with Crippen LogP contribution in [0, 0.1) is 51.1 Å². The van der Waals surface area contributed by atoms with Gasteiger partial charge in [0.15, 0.2) is 0 Å². The van der Waals surface area contributed by atoms with Crippen LogP contribution in [0.1, 0.15) is 179 Å². The molecule has 0 bridgehead atoms. The minimum absolute atomic E-state index is 0.0446. The number of halogens is 6. The van der Waals surface area contributed by atoms with Crippen molar-refractivity contribution in [2.45, 2.75) is 191 Å². The number of piperidine rings is 3. The lowest BCUT2D eigenvalue weighted by Gasteiger charge is -2.48. The van der Waals surface area contributed by atoms with Gasteiger partial charge >= 0.3 is 6.09 Å². The fourth-order valence-corrected chi connectivity index (χ4v) is 20.4. The Morgan fingerprint density at radius 3 is 1.11 bits per heavy atom. The van der Waals surface area contributed by atoms with Crippen LogP contribution in [0.4, 0.5) is 65.7 Å². The first kappa shape index (κ1) is 89.2. The molecule has 9 heterocycles. The van der Waals surface area contributed by atoms with E-state index in [9.17, 15) is 79.4 Å². The van der Waals surface area contributed by atoms with Crippen LogP contribution >= 0.6 is 0 Å². The van der Waals surface area contributed by atoms with Crippen molar-refractivity contribution in [1.29, 1.82) is 0 Å². The lowest BCUT2D eigenvalue weighted by Crippen LogP contribution is -2.61. The summed E-state index contributed by atoms with van der Waals surface area (Å²) in [5, 5.41) is 31.0. The first-order valence-electron chi connectivity index (χ1n) is 42.9. The van der Waals surface area contributed by atoms with E-state index in [0.717, 1.165) is 92.5 Å². The van der Waals surface area contributed by atoms with Crippen LogP contribution in [0.2, 0.25) is 0 Å². The zero-order valence-corrected chi connectivity index (χ0v) is 72.4. The summed E-state index contributed by atoms with van der Waals surface area (Å²) in [5.74, 6) is -6.12. The monoisotopic (exact) mass is 1760 g/mol. The number of pyridine rings is 3. The molecule has 26 nitrogen and oxygen atoms in total. The molecule has 9 unspecified atom stereocenters. The quantitative estimate of drug-likeness (QED) is 0.0431. The summed E-state index contributed by atoms with van der Waals surface area (Å²) < 4.78 is 90.6. The van der Waals surface area contributed by atoms with Crippen LogP contribution in [0.3, 0.4) is 0 Å². The lowest BCUT2D eigenvalue weighted by atomic mass is 9.69.